The summed E-state index contributed by atoms with van der Waals surface area (Å²) in [5, 5.41) is 8.70. The Bertz CT molecular complexity index is 1310. The Morgan fingerprint density at radius 3 is 2.33 bits per heavy atom. The third kappa shape index (κ3) is 5.33. The summed E-state index contributed by atoms with van der Waals surface area (Å²) in [6.45, 7) is 6.17. The maximum Gasteiger partial charge on any atom is 0.324 e. The molecule has 0 spiro atoms. The van der Waals surface area contributed by atoms with Crippen molar-refractivity contribution in [3.05, 3.63) is 53.2 Å². The molecule has 1 saturated heterocycles. The zero-order valence-corrected chi connectivity index (χ0v) is 20.3. The topological polar surface area (TPSA) is 108 Å². The van der Waals surface area contributed by atoms with E-state index in [0.717, 1.165) is 10.8 Å². The lowest BCUT2D eigenvalue weighted by Gasteiger charge is -2.26. The van der Waals surface area contributed by atoms with Crippen LogP contribution in [-0.4, -0.2) is 54.8 Å². The largest absolute Gasteiger partial charge is 0.335 e. The smallest absolute Gasteiger partial charge is 0.324 e. The van der Waals surface area contributed by atoms with Crippen LogP contribution in [0, 0.1) is 0 Å². The number of carbonyl (C=O) groups is 2. The number of rotatable bonds is 3. The number of nitrogens with zero attached hydrogens (tertiary/aromatic N) is 2. The predicted octanol–water partition coefficient (Wildman–Crippen LogP) is 4.11. The molecule has 2 aromatic carbocycles. The Morgan fingerprint density at radius 1 is 1.00 bits per heavy atom. The fourth-order valence-electron chi connectivity index (χ4n) is 3.47. The number of urea groups is 1. The fourth-order valence-corrected chi connectivity index (χ4v) is 5.68. The number of amides is 3. The van der Waals surface area contributed by atoms with Gasteiger partial charge in [-0.15, -0.1) is 0 Å². The molecule has 2 N–H and O–H groups in total. The molecular formula is C23H26N4O4S2. The summed E-state index contributed by atoms with van der Waals surface area (Å²) in [4.78, 5) is 31.9. The lowest BCUT2D eigenvalue weighted by Crippen LogP contribution is -2.44. The molecule has 3 aromatic rings. The predicted molar refractivity (Wildman–Crippen MR) is 132 cm³/mol. The average molecular weight is 487 g/mol. The SMILES string of the molecule is CC(C)(C)c1nc(C(=O)N2CCS(=O)(=O)CC2)c(NC(=O)Nc2ccc3ccccc3c2)s1. The first kappa shape index (κ1) is 23.2. The molecule has 33 heavy (non-hydrogen) atoms. The van der Waals surface area contributed by atoms with Crippen LogP contribution in [0.4, 0.5) is 15.5 Å². The van der Waals surface area contributed by atoms with Gasteiger partial charge < -0.3 is 10.2 Å². The second-order valence-electron chi connectivity index (χ2n) is 9.03. The van der Waals surface area contributed by atoms with E-state index in [0.29, 0.717) is 15.7 Å². The molecule has 8 nitrogen and oxygen atoms in total. The summed E-state index contributed by atoms with van der Waals surface area (Å²) in [5.41, 5.74) is 0.443. The van der Waals surface area contributed by atoms with Crippen molar-refractivity contribution in [3.8, 4) is 0 Å². The quantitative estimate of drug-likeness (QED) is 0.579. The van der Waals surface area contributed by atoms with E-state index in [1.807, 2.05) is 63.2 Å². The minimum Gasteiger partial charge on any atom is -0.335 e. The molecule has 0 aliphatic carbocycles. The van der Waals surface area contributed by atoms with E-state index < -0.39 is 15.9 Å². The van der Waals surface area contributed by atoms with E-state index in [-0.39, 0.29) is 41.6 Å². The second kappa shape index (κ2) is 8.75. The van der Waals surface area contributed by atoms with Crippen LogP contribution in [0.3, 0.4) is 0 Å². The van der Waals surface area contributed by atoms with Gasteiger partial charge >= 0.3 is 6.03 Å². The number of benzene rings is 2. The number of carbonyl (C=O) groups excluding carboxylic acids is 2. The van der Waals surface area contributed by atoms with Crippen molar-refractivity contribution < 1.29 is 18.0 Å². The van der Waals surface area contributed by atoms with Crippen LogP contribution in [0.15, 0.2) is 42.5 Å². The Hall–Kier alpha value is -2.98. The lowest BCUT2D eigenvalue weighted by atomic mass is 9.98. The molecule has 0 unspecified atom stereocenters. The molecule has 0 bridgehead atoms. The van der Waals surface area contributed by atoms with Gasteiger partial charge in [0.25, 0.3) is 5.91 Å². The van der Waals surface area contributed by atoms with E-state index in [4.69, 9.17) is 0 Å². The fraction of sp³-hybridized carbons (Fsp3) is 0.348. The number of nitrogens with one attached hydrogen (secondary N) is 2. The zero-order valence-electron chi connectivity index (χ0n) is 18.7. The van der Waals surface area contributed by atoms with Crippen molar-refractivity contribution in [2.75, 3.05) is 35.2 Å². The molecule has 174 valence electrons. The lowest BCUT2D eigenvalue weighted by molar-refractivity contribution is 0.0766. The Morgan fingerprint density at radius 2 is 1.67 bits per heavy atom. The molecule has 3 amide bonds. The average Bonchev–Trinajstić information content (AvgIpc) is 3.17. The molecule has 0 radical (unpaired) electrons. The molecular weight excluding hydrogens is 460 g/mol. The highest BCUT2D eigenvalue weighted by atomic mass is 32.2. The van der Waals surface area contributed by atoms with E-state index in [1.165, 1.54) is 16.2 Å². The van der Waals surface area contributed by atoms with E-state index >= 15 is 0 Å². The van der Waals surface area contributed by atoms with Crippen LogP contribution in [-0.2, 0) is 15.3 Å². The van der Waals surface area contributed by atoms with Crippen molar-refractivity contribution in [1.82, 2.24) is 9.88 Å². The first-order valence-corrected chi connectivity index (χ1v) is 13.2. The van der Waals surface area contributed by atoms with Gasteiger partial charge in [0, 0.05) is 24.2 Å². The zero-order chi connectivity index (χ0) is 23.8. The van der Waals surface area contributed by atoms with Gasteiger partial charge in [-0.3, -0.25) is 10.1 Å². The van der Waals surface area contributed by atoms with Crippen LogP contribution in [0.5, 0.6) is 0 Å². The summed E-state index contributed by atoms with van der Waals surface area (Å²) in [6.07, 6.45) is 0. The molecule has 1 aliphatic heterocycles. The maximum atomic E-state index is 13.2. The van der Waals surface area contributed by atoms with Crippen LogP contribution >= 0.6 is 11.3 Å². The van der Waals surface area contributed by atoms with Crippen molar-refractivity contribution in [1.29, 1.82) is 0 Å². The van der Waals surface area contributed by atoms with Crippen molar-refractivity contribution in [2.24, 2.45) is 0 Å². The summed E-state index contributed by atoms with van der Waals surface area (Å²) in [6, 6.07) is 13.0. The number of fused-ring (bicyclic) bond motifs is 1. The Kier molecular flexibility index (Phi) is 6.15. The minimum absolute atomic E-state index is 0.0692. The van der Waals surface area contributed by atoms with E-state index in [2.05, 4.69) is 15.6 Å². The molecule has 4 rings (SSSR count). The molecule has 10 heteroatoms. The van der Waals surface area contributed by atoms with Gasteiger partial charge in [-0.1, -0.05) is 62.4 Å². The standard InChI is InChI=1S/C23H26N4O4S2/c1-23(2,3)21-25-18(20(28)27-10-12-33(30,31)13-11-27)19(32-21)26-22(29)24-17-9-8-15-6-4-5-7-16(15)14-17/h4-9,14H,10-13H2,1-3H3,(H2,24,26,29). The molecule has 1 aromatic heterocycles. The minimum atomic E-state index is -3.12. The van der Waals surface area contributed by atoms with Gasteiger partial charge in [-0.05, 0) is 22.9 Å². The van der Waals surface area contributed by atoms with Crippen molar-refractivity contribution in [2.45, 2.75) is 26.2 Å². The monoisotopic (exact) mass is 486 g/mol. The molecule has 1 fully saturated rings. The highest BCUT2D eigenvalue weighted by molar-refractivity contribution is 7.91. The van der Waals surface area contributed by atoms with E-state index in [9.17, 15) is 18.0 Å². The van der Waals surface area contributed by atoms with Gasteiger partial charge in [-0.25, -0.2) is 18.2 Å². The van der Waals surface area contributed by atoms with Gasteiger partial charge in [0.15, 0.2) is 15.5 Å². The highest BCUT2D eigenvalue weighted by Crippen LogP contribution is 2.34. The number of hydrogen-bond donors (Lipinski definition) is 2. The number of sulfone groups is 1. The first-order valence-electron chi connectivity index (χ1n) is 10.6. The molecule has 0 saturated carbocycles. The van der Waals surface area contributed by atoms with Crippen LogP contribution < -0.4 is 10.6 Å². The summed E-state index contributed by atoms with van der Waals surface area (Å²) in [7, 11) is -3.12. The summed E-state index contributed by atoms with van der Waals surface area (Å²) >= 11 is 1.25. The number of anilines is 2. The van der Waals surface area contributed by atoms with Gasteiger partial charge in [0.1, 0.15) is 10.0 Å². The van der Waals surface area contributed by atoms with Gasteiger partial charge in [-0.2, -0.15) is 0 Å². The van der Waals surface area contributed by atoms with Crippen LogP contribution in [0.2, 0.25) is 0 Å². The third-order valence-electron chi connectivity index (χ3n) is 5.34. The highest BCUT2D eigenvalue weighted by Gasteiger charge is 2.31. The third-order valence-corrected chi connectivity index (χ3v) is 8.34. The number of thiazole rings is 1. The molecule has 0 atom stereocenters. The summed E-state index contributed by atoms with van der Waals surface area (Å²) in [5.74, 6) is -0.516. The van der Waals surface area contributed by atoms with Gasteiger partial charge in [0.05, 0.1) is 11.5 Å². The normalized spacial score (nSPS) is 15.9. The van der Waals surface area contributed by atoms with E-state index in [1.54, 1.807) is 0 Å². The van der Waals surface area contributed by atoms with Crippen LogP contribution in [0.1, 0.15) is 36.3 Å². The van der Waals surface area contributed by atoms with Gasteiger partial charge in [0.2, 0.25) is 0 Å². The van der Waals surface area contributed by atoms with Crippen molar-refractivity contribution >= 4 is 54.6 Å². The molecule has 2 heterocycles. The number of hydrogen-bond acceptors (Lipinski definition) is 6. The van der Waals surface area contributed by atoms with Crippen molar-refractivity contribution in [3.63, 3.8) is 0 Å². The second-order valence-corrected chi connectivity index (χ2v) is 12.3. The maximum absolute atomic E-state index is 13.2. The number of aromatic nitrogens is 1. The summed E-state index contributed by atoms with van der Waals surface area (Å²) < 4.78 is 23.5. The van der Waals surface area contributed by atoms with Crippen LogP contribution in [0.25, 0.3) is 10.8 Å². The first-order chi connectivity index (χ1) is 15.5. The Balaban J connectivity index is 1.56. The Labute approximate surface area is 196 Å². The molecule has 1 aliphatic rings.